The summed E-state index contributed by atoms with van der Waals surface area (Å²) in [6, 6.07) is 22.0. The van der Waals surface area contributed by atoms with E-state index in [-0.39, 0.29) is 22.9 Å². The molecule has 5 rings (SSSR count). The molecule has 1 aliphatic rings. The van der Waals surface area contributed by atoms with Gasteiger partial charge in [-0.15, -0.1) is 0 Å². The van der Waals surface area contributed by atoms with Gasteiger partial charge in [-0.2, -0.15) is 0 Å². The number of hydrogen-bond donors (Lipinski definition) is 1. The van der Waals surface area contributed by atoms with E-state index in [1.54, 1.807) is 54.6 Å². The Kier molecular flexibility index (Phi) is 7.27. The Morgan fingerprint density at radius 1 is 0.974 bits per heavy atom. The normalized spacial score (nSPS) is 16.7. The zero-order valence-corrected chi connectivity index (χ0v) is 21.9. The number of amides is 1. The fraction of sp³-hybridized carbons (Fsp3) is 0.133. The van der Waals surface area contributed by atoms with E-state index in [1.165, 1.54) is 11.2 Å². The van der Waals surface area contributed by atoms with Crippen molar-refractivity contribution in [1.82, 2.24) is 4.90 Å². The Morgan fingerprint density at radius 2 is 1.74 bits per heavy atom. The van der Waals surface area contributed by atoms with Crippen LogP contribution in [0.15, 0.2) is 95.1 Å². The molecule has 1 saturated heterocycles. The first-order chi connectivity index (χ1) is 18.3. The van der Waals surface area contributed by atoms with Gasteiger partial charge in [0.05, 0.1) is 34.5 Å². The summed E-state index contributed by atoms with van der Waals surface area (Å²) in [6.07, 6.45) is 1.49. The average molecular weight is 548 g/mol. The molecule has 0 aliphatic carbocycles. The number of carbonyl (C=O) groups is 2. The van der Waals surface area contributed by atoms with Crippen molar-refractivity contribution >= 4 is 40.7 Å². The van der Waals surface area contributed by atoms with Crippen LogP contribution < -0.4 is 4.74 Å². The maximum atomic E-state index is 13.2. The third-order valence-electron chi connectivity index (χ3n) is 6.49. The number of hydrogen-bond acceptors (Lipinski definition) is 5. The van der Waals surface area contributed by atoms with Gasteiger partial charge in [-0.05, 0) is 72.1 Å². The number of halogens is 2. The number of aliphatic hydroxyl groups excluding tert-OH is 1. The van der Waals surface area contributed by atoms with E-state index < -0.39 is 17.7 Å². The van der Waals surface area contributed by atoms with Crippen LogP contribution in [0.2, 0.25) is 10.0 Å². The molecule has 1 atom stereocenters. The van der Waals surface area contributed by atoms with Gasteiger partial charge in [0, 0.05) is 5.56 Å². The van der Waals surface area contributed by atoms with Crippen molar-refractivity contribution in [2.75, 3.05) is 0 Å². The SMILES string of the molecule is Cc1ccccc1COc1ccc(/C(O)=C2\C(=O)C(=O)N(Cc3ccco3)C2c2ccc(Cl)c(Cl)c2)cc1. The molecule has 0 saturated carbocycles. The summed E-state index contributed by atoms with van der Waals surface area (Å²) >= 11 is 12.4. The van der Waals surface area contributed by atoms with Crippen LogP contribution in [0.5, 0.6) is 5.75 Å². The van der Waals surface area contributed by atoms with Crippen molar-refractivity contribution in [1.29, 1.82) is 0 Å². The van der Waals surface area contributed by atoms with Crippen molar-refractivity contribution in [2.45, 2.75) is 26.1 Å². The van der Waals surface area contributed by atoms with Crippen molar-refractivity contribution in [3.05, 3.63) is 129 Å². The van der Waals surface area contributed by atoms with Gasteiger partial charge in [0.15, 0.2) is 0 Å². The molecule has 1 unspecified atom stereocenters. The van der Waals surface area contributed by atoms with E-state index in [4.69, 9.17) is 32.4 Å². The lowest BCUT2D eigenvalue weighted by Gasteiger charge is -2.24. The molecular formula is C30H23Cl2NO5. The number of Topliss-reactive ketones (excluding diaryl/α,β-unsaturated/α-hetero) is 1. The minimum absolute atomic E-state index is 0.0327. The number of aliphatic hydroxyl groups is 1. The van der Waals surface area contributed by atoms with Crippen molar-refractivity contribution in [3.8, 4) is 5.75 Å². The maximum Gasteiger partial charge on any atom is 0.296 e. The van der Waals surface area contributed by atoms with E-state index >= 15 is 0 Å². The van der Waals surface area contributed by atoms with Crippen LogP contribution in [-0.4, -0.2) is 21.7 Å². The van der Waals surface area contributed by atoms with E-state index in [0.717, 1.165) is 11.1 Å². The average Bonchev–Trinajstić information content (AvgIpc) is 3.52. The first kappa shape index (κ1) is 25.6. The van der Waals surface area contributed by atoms with Gasteiger partial charge in [0.25, 0.3) is 11.7 Å². The number of likely N-dealkylation sites (tertiary alicyclic amines) is 1. The molecule has 0 radical (unpaired) electrons. The minimum atomic E-state index is -0.896. The second kappa shape index (κ2) is 10.8. The molecule has 1 aromatic heterocycles. The Hall–Kier alpha value is -4.00. The van der Waals surface area contributed by atoms with E-state index in [1.807, 2.05) is 31.2 Å². The molecule has 6 nitrogen and oxygen atoms in total. The fourth-order valence-corrected chi connectivity index (χ4v) is 4.75. The maximum absolute atomic E-state index is 13.2. The second-order valence-corrected chi connectivity index (χ2v) is 9.73. The van der Waals surface area contributed by atoms with Crippen LogP contribution in [0.25, 0.3) is 5.76 Å². The molecule has 2 heterocycles. The molecule has 1 N–H and O–H groups in total. The van der Waals surface area contributed by atoms with Crippen LogP contribution >= 0.6 is 23.2 Å². The predicted molar refractivity (Wildman–Crippen MR) is 145 cm³/mol. The van der Waals surface area contributed by atoms with Crippen LogP contribution in [0.3, 0.4) is 0 Å². The molecule has 4 aromatic rings. The van der Waals surface area contributed by atoms with Gasteiger partial charge in [-0.3, -0.25) is 9.59 Å². The van der Waals surface area contributed by atoms with Gasteiger partial charge in [-0.1, -0.05) is 53.5 Å². The fourth-order valence-electron chi connectivity index (χ4n) is 4.44. The highest BCUT2D eigenvalue weighted by molar-refractivity contribution is 6.46. The first-order valence-corrected chi connectivity index (χ1v) is 12.6. The Morgan fingerprint density at radius 3 is 2.42 bits per heavy atom. The number of furan rings is 1. The highest BCUT2D eigenvalue weighted by Crippen LogP contribution is 2.42. The number of ketones is 1. The van der Waals surface area contributed by atoms with Crippen LogP contribution in [0, 0.1) is 6.92 Å². The smallest absolute Gasteiger partial charge is 0.296 e. The Balaban J connectivity index is 1.49. The lowest BCUT2D eigenvalue weighted by Crippen LogP contribution is -2.29. The predicted octanol–water partition coefficient (Wildman–Crippen LogP) is 7.10. The van der Waals surface area contributed by atoms with Gasteiger partial charge in [0.2, 0.25) is 0 Å². The summed E-state index contributed by atoms with van der Waals surface area (Å²) in [7, 11) is 0. The molecule has 192 valence electrons. The zero-order chi connectivity index (χ0) is 26.8. The van der Waals surface area contributed by atoms with E-state index in [9.17, 15) is 14.7 Å². The Bertz CT molecular complexity index is 1530. The summed E-state index contributed by atoms with van der Waals surface area (Å²) in [5.41, 5.74) is 3.05. The lowest BCUT2D eigenvalue weighted by atomic mass is 9.95. The van der Waals surface area contributed by atoms with Crippen molar-refractivity contribution in [2.24, 2.45) is 0 Å². The molecule has 1 fully saturated rings. The number of carbonyl (C=O) groups excluding carboxylic acids is 2. The van der Waals surface area contributed by atoms with Crippen LogP contribution in [-0.2, 0) is 22.7 Å². The van der Waals surface area contributed by atoms with Gasteiger partial charge in [-0.25, -0.2) is 0 Å². The summed E-state index contributed by atoms with van der Waals surface area (Å²) in [4.78, 5) is 27.7. The number of nitrogens with zero attached hydrogens (tertiary/aromatic N) is 1. The molecule has 3 aromatic carbocycles. The first-order valence-electron chi connectivity index (χ1n) is 11.9. The highest BCUT2D eigenvalue weighted by Gasteiger charge is 2.46. The molecule has 0 spiro atoms. The summed E-state index contributed by atoms with van der Waals surface area (Å²) in [5.74, 6) is -0.759. The molecule has 1 aliphatic heterocycles. The summed E-state index contributed by atoms with van der Waals surface area (Å²) in [5, 5.41) is 11.9. The zero-order valence-electron chi connectivity index (χ0n) is 20.4. The molecule has 38 heavy (non-hydrogen) atoms. The topological polar surface area (TPSA) is 80.0 Å². The van der Waals surface area contributed by atoms with Crippen LogP contribution in [0.1, 0.15) is 34.1 Å². The number of aryl methyl sites for hydroxylation is 1. The van der Waals surface area contributed by atoms with E-state index in [0.29, 0.717) is 34.3 Å². The Labute approximate surface area is 229 Å². The number of benzene rings is 3. The second-order valence-electron chi connectivity index (χ2n) is 8.92. The molecule has 1 amide bonds. The van der Waals surface area contributed by atoms with Gasteiger partial charge < -0.3 is 19.2 Å². The molecular weight excluding hydrogens is 525 g/mol. The van der Waals surface area contributed by atoms with Crippen molar-refractivity contribution in [3.63, 3.8) is 0 Å². The lowest BCUT2D eigenvalue weighted by molar-refractivity contribution is -0.140. The number of rotatable bonds is 7. The van der Waals surface area contributed by atoms with Crippen LogP contribution in [0.4, 0.5) is 0 Å². The molecule has 8 heteroatoms. The van der Waals surface area contributed by atoms with Gasteiger partial charge in [0.1, 0.15) is 23.9 Å². The highest BCUT2D eigenvalue weighted by atomic mass is 35.5. The summed E-state index contributed by atoms with van der Waals surface area (Å²) < 4.78 is 11.3. The quantitative estimate of drug-likeness (QED) is 0.152. The standard InChI is InChI=1S/C30H23Cl2NO5/c1-18-5-2-3-6-21(18)17-38-22-11-8-19(9-12-22)28(34)26-27(20-10-13-24(31)25(32)15-20)33(30(36)29(26)35)16-23-7-4-14-37-23/h2-15,27,34H,16-17H2,1H3/b28-26+. The molecule has 0 bridgehead atoms. The van der Waals surface area contributed by atoms with E-state index in [2.05, 4.69) is 0 Å². The van der Waals surface area contributed by atoms with Gasteiger partial charge >= 0.3 is 0 Å². The third kappa shape index (κ3) is 5.05. The summed E-state index contributed by atoms with van der Waals surface area (Å²) in [6.45, 7) is 2.45. The minimum Gasteiger partial charge on any atom is -0.507 e. The number of ether oxygens (including phenoxy) is 1. The largest absolute Gasteiger partial charge is 0.507 e. The third-order valence-corrected chi connectivity index (χ3v) is 7.23. The van der Waals surface area contributed by atoms with Crippen molar-refractivity contribution < 1.29 is 23.8 Å². The monoisotopic (exact) mass is 547 g/mol.